The van der Waals surface area contributed by atoms with Gasteiger partial charge < -0.3 is 4.74 Å². The quantitative estimate of drug-likeness (QED) is 0.637. The molecule has 74 valence electrons. The average Bonchev–Trinajstić information content (AvgIpc) is 2.15. The maximum Gasteiger partial charge on any atom is 0.0652 e. The Morgan fingerprint density at radius 3 is 2.92 bits per heavy atom. The first-order valence-electron chi connectivity index (χ1n) is 5.20. The van der Waals surface area contributed by atoms with Crippen LogP contribution in [0.1, 0.15) is 39.0 Å². The summed E-state index contributed by atoms with van der Waals surface area (Å²) in [6, 6.07) is 2.28. The van der Waals surface area contributed by atoms with Crippen molar-refractivity contribution in [2.45, 2.75) is 44.3 Å². The lowest BCUT2D eigenvalue weighted by Gasteiger charge is -2.34. The van der Waals surface area contributed by atoms with Crippen molar-refractivity contribution in [1.29, 1.82) is 5.26 Å². The fourth-order valence-corrected chi connectivity index (χ4v) is 2.62. The number of hydrogen-bond donors (Lipinski definition) is 0. The van der Waals surface area contributed by atoms with Crippen LogP contribution in [0.2, 0.25) is 0 Å². The fraction of sp³-hybridized carbons (Fsp3) is 0.900. The summed E-state index contributed by atoms with van der Waals surface area (Å²) < 4.78 is 5.81. The molecular formula is C10H19NOSi. The van der Waals surface area contributed by atoms with Crippen molar-refractivity contribution < 1.29 is 4.74 Å². The van der Waals surface area contributed by atoms with E-state index in [2.05, 4.69) is 6.07 Å². The van der Waals surface area contributed by atoms with Crippen LogP contribution >= 0.6 is 0 Å². The summed E-state index contributed by atoms with van der Waals surface area (Å²) in [5.74, 6) is 0.191. The SMILES string of the molecule is CC(C#N)CCC1([SiH3])CCCCO1. The van der Waals surface area contributed by atoms with Crippen molar-refractivity contribution in [3.8, 4) is 6.07 Å². The molecule has 0 aliphatic carbocycles. The van der Waals surface area contributed by atoms with Crippen LogP contribution in [0.3, 0.4) is 0 Å². The first-order valence-corrected chi connectivity index (χ1v) is 6.20. The van der Waals surface area contributed by atoms with E-state index in [0.29, 0.717) is 0 Å². The Labute approximate surface area is 83.7 Å². The van der Waals surface area contributed by atoms with E-state index in [1.54, 1.807) is 0 Å². The molecule has 3 heteroatoms. The summed E-state index contributed by atoms with van der Waals surface area (Å²) in [7, 11) is 1.11. The predicted octanol–water partition coefficient (Wildman–Crippen LogP) is 1.19. The van der Waals surface area contributed by atoms with Crippen LogP contribution in [0, 0.1) is 17.2 Å². The van der Waals surface area contributed by atoms with E-state index >= 15 is 0 Å². The summed E-state index contributed by atoms with van der Waals surface area (Å²) in [4.78, 5) is 0. The van der Waals surface area contributed by atoms with Gasteiger partial charge in [0, 0.05) is 28.0 Å². The minimum absolute atomic E-state index is 0.191. The van der Waals surface area contributed by atoms with Crippen molar-refractivity contribution in [2.24, 2.45) is 5.92 Å². The molecule has 0 spiro atoms. The molecule has 0 saturated carbocycles. The van der Waals surface area contributed by atoms with Gasteiger partial charge in [0.05, 0.1) is 6.07 Å². The first kappa shape index (κ1) is 10.7. The molecular weight excluding hydrogens is 178 g/mol. The minimum atomic E-state index is 0.191. The smallest absolute Gasteiger partial charge is 0.0652 e. The molecule has 13 heavy (non-hydrogen) atoms. The van der Waals surface area contributed by atoms with Crippen LogP contribution in [-0.4, -0.2) is 22.1 Å². The van der Waals surface area contributed by atoms with E-state index in [9.17, 15) is 0 Å². The molecule has 0 aromatic rings. The zero-order valence-electron chi connectivity index (χ0n) is 8.68. The molecule has 2 nitrogen and oxygen atoms in total. The number of nitrogens with zero attached hydrogens (tertiary/aromatic N) is 1. The van der Waals surface area contributed by atoms with E-state index in [4.69, 9.17) is 10.00 Å². The van der Waals surface area contributed by atoms with Crippen LogP contribution in [0.5, 0.6) is 0 Å². The highest BCUT2D eigenvalue weighted by Gasteiger charge is 2.27. The van der Waals surface area contributed by atoms with E-state index in [1.165, 1.54) is 19.3 Å². The average molecular weight is 197 g/mol. The van der Waals surface area contributed by atoms with Gasteiger partial charge in [-0.15, -0.1) is 0 Å². The topological polar surface area (TPSA) is 33.0 Å². The van der Waals surface area contributed by atoms with Gasteiger partial charge >= 0.3 is 0 Å². The molecule has 0 amide bonds. The Kier molecular flexibility index (Phi) is 3.95. The third-order valence-electron chi connectivity index (χ3n) is 2.88. The van der Waals surface area contributed by atoms with E-state index in [0.717, 1.165) is 29.7 Å². The molecule has 0 aromatic carbocycles. The van der Waals surface area contributed by atoms with Crippen molar-refractivity contribution in [3.05, 3.63) is 0 Å². The molecule has 0 bridgehead atoms. The summed E-state index contributed by atoms with van der Waals surface area (Å²) in [5, 5.41) is 8.87. The number of ether oxygens (including phenoxy) is 1. The van der Waals surface area contributed by atoms with Gasteiger partial charge in [0.15, 0.2) is 0 Å². The molecule has 1 fully saturated rings. The van der Waals surface area contributed by atoms with Crippen molar-refractivity contribution in [1.82, 2.24) is 0 Å². The van der Waals surface area contributed by atoms with Crippen molar-refractivity contribution >= 4 is 10.2 Å². The summed E-state index contributed by atoms with van der Waals surface area (Å²) in [6.45, 7) is 2.93. The standard InChI is InChI=1S/C10H19NOSi/c1-9(8-11)4-6-10(13)5-2-3-7-12-10/h9H,2-7H2,1,13H3. The molecule has 1 aliphatic heterocycles. The summed E-state index contributed by atoms with van der Waals surface area (Å²) in [5.41, 5.74) is 0. The van der Waals surface area contributed by atoms with E-state index in [1.807, 2.05) is 6.92 Å². The second-order valence-electron chi connectivity index (χ2n) is 4.32. The Bertz CT molecular complexity index is 194. The second kappa shape index (κ2) is 4.78. The molecule has 2 unspecified atom stereocenters. The number of nitriles is 1. The normalized spacial score (nSPS) is 31.1. The highest BCUT2D eigenvalue weighted by molar-refractivity contribution is 6.14. The van der Waals surface area contributed by atoms with Crippen LogP contribution in [0.4, 0.5) is 0 Å². The van der Waals surface area contributed by atoms with Crippen LogP contribution in [0.25, 0.3) is 0 Å². The maximum atomic E-state index is 8.67. The molecule has 0 N–H and O–H groups in total. The minimum Gasteiger partial charge on any atom is -0.380 e. The fourth-order valence-electron chi connectivity index (χ4n) is 1.78. The lowest BCUT2D eigenvalue weighted by atomic mass is 9.99. The molecule has 1 rings (SSSR count). The molecule has 0 radical (unpaired) electrons. The molecule has 1 saturated heterocycles. The highest BCUT2D eigenvalue weighted by atomic mass is 28.1. The van der Waals surface area contributed by atoms with Gasteiger partial charge in [-0.25, -0.2) is 0 Å². The lowest BCUT2D eigenvalue weighted by Crippen LogP contribution is -2.37. The van der Waals surface area contributed by atoms with Gasteiger partial charge in [-0.3, -0.25) is 0 Å². The lowest BCUT2D eigenvalue weighted by molar-refractivity contribution is -0.0248. The Morgan fingerprint density at radius 1 is 1.62 bits per heavy atom. The number of hydrogen-bond acceptors (Lipinski definition) is 2. The second-order valence-corrected chi connectivity index (χ2v) is 6.15. The van der Waals surface area contributed by atoms with Crippen molar-refractivity contribution in [3.63, 3.8) is 0 Å². The zero-order valence-corrected chi connectivity index (χ0v) is 10.7. The molecule has 2 atom stereocenters. The third-order valence-corrected chi connectivity index (χ3v) is 4.17. The third kappa shape index (κ3) is 3.49. The molecule has 0 aromatic heterocycles. The number of rotatable bonds is 3. The molecule has 1 heterocycles. The van der Waals surface area contributed by atoms with Crippen LogP contribution < -0.4 is 0 Å². The van der Waals surface area contributed by atoms with Gasteiger partial charge in [-0.2, -0.15) is 5.26 Å². The first-order chi connectivity index (χ1) is 6.16. The predicted molar refractivity (Wildman–Crippen MR) is 56.5 cm³/mol. The summed E-state index contributed by atoms with van der Waals surface area (Å²) in [6.07, 6.45) is 5.84. The Hall–Kier alpha value is -0.333. The van der Waals surface area contributed by atoms with Gasteiger partial charge in [-0.05, 0) is 39.0 Å². The zero-order chi connectivity index (χ0) is 9.73. The van der Waals surface area contributed by atoms with Gasteiger partial charge in [0.25, 0.3) is 0 Å². The van der Waals surface area contributed by atoms with E-state index < -0.39 is 0 Å². The highest BCUT2D eigenvalue weighted by Crippen LogP contribution is 2.27. The summed E-state index contributed by atoms with van der Waals surface area (Å²) >= 11 is 0. The van der Waals surface area contributed by atoms with E-state index in [-0.39, 0.29) is 11.1 Å². The Morgan fingerprint density at radius 2 is 2.38 bits per heavy atom. The monoisotopic (exact) mass is 197 g/mol. The maximum absolute atomic E-state index is 8.67. The van der Waals surface area contributed by atoms with Gasteiger partial charge in [0.1, 0.15) is 0 Å². The molecule has 1 aliphatic rings. The largest absolute Gasteiger partial charge is 0.380 e. The van der Waals surface area contributed by atoms with Gasteiger partial charge in [0.2, 0.25) is 0 Å². The van der Waals surface area contributed by atoms with Gasteiger partial charge in [-0.1, -0.05) is 0 Å². The Balaban J connectivity index is 2.29. The van der Waals surface area contributed by atoms with Crippen molar-refractivity contribution in [2.75, 3.05) is 6.61 Å². The van der Waals surface area contributed by atoms with Crippen LogP contribution in [0.15, 0.2) is 0 Å². The van der Waals surface area contributed by atoms with Crippen LogP contribution in [-0.2, 0) is 4.74 Å².